The molecule has 0 aromatic rings. The van der Waals surface area contributed by atoms with Crippen LogP contribution < -0.4 is 0 Å². The molecule has 2 fully saturated rings. The molecule has 0 radical (unpaired) electrons. The molecule has 0 unspecified atom stereocenters. The molecule has 2 bridgehead atoms. The highest BCUT2D eigenvalue weighted by Gasteiger charge is 2.46. The zero-order valence-corrected chi connectivity index (χ0v) is 9.19. The third-order valence-corrected chi connectivity index (χ3v) is 6.93. The zero-order valence-electron chi connectivity index (χ0n) is 7.44. The minimum absolute atomic E-state index is 0.947. The summed E-state index contributed by atoms with van der Waals surface area (Å²) in [5.74, 6) is 2.09. The third-order valence-electron chi connectivity index (χ3n) is 3.62. The largest absolute Gasteiger partial charge is 0.167 e. The Morgan fingerprint density at radius 1 is 1.18 bits per heavy atom. The Kier molecular flexibility index (Phi) is 1.84. The maximum Gasteiger partial charge on any atom is 0.153 e. The van der Waals surface area contributed by atoms with Gasteiger partial charge in [0.2, 0.25) is 0 Å². The van der Waals surface area contributed by atoms with Gasteiger partial charge in [0, 0.05) is 0 Å². The summed E-state index contributed by atoms with van der Waals surface area (Å²) in [5, 5.41) is 0. The smallest absolute Gasteiger partial charge is 0.153 e. The molecule has 2 aliphatic carbocycles. The van der Waals surface area contributed by atoms with E-state index in [0.717, 1.165) is 17.4 Å². The normalized spacial score (nSPS) is 43.4. The molecule has 2 heteroatoms. The topological polar surface area (TPSA) is 0 Å². The van der Waals surface area contributed by atoms with E-state index in [0.29, 0.717) is 0 Å². The molecule has 0 amide bonds. The van der Waals surface area contributed by atoms with Crippen LogP contribution >= 0.6 is 11.1 Å². The molecule has 0 aromatic heterocycles. The number of hydrogen-bond acceptors (Lipinski definition) is 0. The second kappa shape index (κ2) is 2.50. The average Bonchev–Trinajstić information content (AvgIpc) is 2.42. The van der Waals surface area contributed by atoms with Gasteiger partial charge in [0.05, 0.1) is 0 Å². The molecule has 0 aromatic carbocycles. The van der Waals surface area contributed by atoms with Gasteiger partial charge < -0.3 is 0 Å². The Morgan fingerprint density at radius 2 is 1.91 bits per heavy atom. The summed E-state index contributed by atoms with van der Waals surface area (Å²) in [6, 6.07) is 0. The lowest BCUT2D eigenvalue weighted by molar-refractivity contribution is 0.472. The monoisotopic (exact) mass is 188 g/mol. The molecule has 2 aliphatic rings. The van der Waals surface area contributed by atoms with E-state index >= 15 is 0 Å². The summed E-state index contributed by atoms with van der Waals surface area (Å²) < 4.78 is 0. The molecule has 0 nitrogen and oxygen atoms in total. The van der Waals surface area contributed by atoms with Crippen molar-refractivity contribution in [1.82, 2.24) is 0 Å². The lowest BCUT2D eigenvalue weighted by atomic mass is 10.0. The Balaban J connectivity index is 2.08. The highest BCUT2D eigenvalue weighted by atomic mass is 35.6. The van der Waals surface area contributed by atoms with Crippen LogP contribution in [-0.2, 0) is 0 Å². The SMILES string of the molecule is C[Si](C)(Cl)[C@H]1C[C@H]2CC[C@@H]1C2. The molecular formula is C9H17ClSi. The van der Waals surface area contributed by atoms with Crippen molar-refractivity contribution in [3.05, 3.63) is 0 Å². The van der Waals surface area contributed by atoms with Gasteiger partial charge in [0.1, 0.15) is 0 Å². The van der Waals surface area contributed by atoms with Crippen LogP contribution in [0.1, 0.15) is 25.7 Å². The van der Waals surface area contributed by atoms with Crippen molar-refractivity contribution in [3.63, 3.8) is 0 Å². The van der Waals surface area contributed by atoms with Crippen molar-refractivity contribution in [1.29, 1.82) is 0 Å². The highest BCUT2D eigenvalue weighted by Crippen LogP contribution is 2.56. The van der Waals surface area contributed by atoms with Crippen molar-refractivity contribution in [2.75, 3.05) is 0 Å². The maximum absolute atomic E-state index is 6.47. The van der Waals surface area contributed by atoms with Crippen LogP contribution in [-0.4, -0.2) is 7.38 Å². The predicted molar refractivity (Wildman–Crippen MR) is 52.5 cm³/mol. The number of fused-ring (bicyclic) bond motifs is 2. The molecule has 0 aliphatic heterocycles. The van der Waals surface area contributed by atoms with Crippen LogP contribution in [0.5, 0.6) is 0 Å². The summed E-state index contributed by atoms with van der Waals surface area (Å²) in [4.78, 5) is 0. The molecule has 0 heterocycles. The van der Waals surface area contributed by atoms with E-state index in [-0.39, 0.29) is 0 Å². The molecule has 3 atom stereocenters. The lowest BCUT2D eigenvalue weighted by Gasteiger charge is -2.29. The molecule has 11 heavy (non-hydrogen) atoms. The Labute approximate surface area is 75.0 Å². The number of rotatable bonds is 1. The minimum Gasteiger partial charge on any atom is -0.167 e. The third kappa shape index (κ3) is 1.38. The Hall–Kier alpha value is 0.507. The molecule has 0 saturated heterocycles. The van der Waals surface area contributed by atoms with Gasteiger partial charge in [0.15, 0.2) is 7.38 Å². The quantitative estimate of drug-likeness (QED) is 0.436. The van der Waals surface area contributed by atoms with E-state index in [2.05, 4.69) is 13.1 Å². The Bertz CT molecular complexity index is 161. The molecular weight excluding hydrogens is 172 g/mol. The predicted octanol–water partition coefficient (Wildman–Crippen LogP) is 3.62. The van der Waals surface area contributed by atoms with E-state index in [1.807, 2.05) is 0 Å². The van der Waals surface area contributed by atoms with E-state index in [4.69, 9.17) is 11.1 Å². The number of halogens is 1. The summed E-state index contributed by atoms with van der Waals surface area (Å²) >= 11 is 6.47. The van der Waals surface area contributed by atoms with Gasteiger partial charge in [-0.3, -0.25) is 0 Å². The first-order valence-electron chi connectivity index (χ1n) is 4.76. The molecule has 2 rings (SSSR count). The molecule has 64 valence electrons. The lowest BCUT2D eigenvalue weighted by Crippen LogP contribution is -2.29. The van der Waals surface area contributed by atoms with Crippen molar-refractivity contribution < 1.29 is 0 Å². The van der Waals surface area contributed by atoms with Crippen LogP contribution in [0, 0.1) is 11.8 Å². The van der Waals surface area contributed by atoms with Gasteiger partial charge in [-0.25, -0.2) is 0 Å². The summed E-state index contributed by atoms with van der Waals surface area (Å²) in [6.07, 6.45) is 5.96. The molecule has 0 N–H and O–H groups in total. The van der Waals surface area contributed by atoms with Gasteiger partial charge in [-0.2, -0.15) is 11.1 Å². The van der Waals surface area contributed by atoms with Gasteiger partial charge >= 0.3 is 0 Å². The van der Waals surface area contributed by atoms with E-state index in [1.165, 1.54) is 25.7 Å². The zero-order chi connectivity index (χ0) is 8.06. The van der Waals surface area contributed by atoms with Crippen LogP contribution in [0.3, 0.4) is 0 Å². The minimum atomic E-state index is -1.31. The second-order valence-electron chi connectivity index (χ2n) is 4.85. The molecule has 0 spiro atoms. The number of hydrogen-bond donors (Lipinski definition) is 0. The summed E-state index contributed by atoms with van der Waals surface area (Å²) in [6.45, 7) is 4.64. The second-order valence-corrected chi connectivity index (χ2v) is 11.6. The van der Waals surface area contributed by atoms with Gasteiger partial charge in [0.25, 0.3) is 0 Å². The average molecular weight is 189 g/mol. The van der Waals surface area contributed by atoms with E-state index < -0.39 is 7.38 Å². The first-order chi connectivity index (χ1) is 5.07. The Morgan fingerprint density at radius 3 is 2.18 bits per heavy atom. The maximum atomic E-state index is 6.47. The molecule has 2 saturated carbocycles. The van der Waals surface area contributed by atoms with Crippen LogP contribution in [0.4, 0.5) is 0 Å². The fourth-order valence-corrected chi connectivity index (χ4v) is 6.20. The van der Waals surface area contributed by atoms with E-state index in [9.17, 15) is 0 Å². The van der Waals surface area contributed by atoms with Crippen LogP contribution in [0.15, 0.2) is 0 Å². The van der Waals surface area contributed by atoms with Crippen LogP contribution in [0.2, 0.25) is 18.6 Å². The first-order valence-corrected chi connectivity index (χ1v) is 8.85. The van der Waals surface area contributed by atoms with Crippen molar-refractivity contribution in [3.8, 4) is 0 Å². The van der Waals surface area contributed by atoms with Gasteiger partial charge in [-0.1, -0.05) is 25.9 Å². The van der Waals surface area contributed by atoms with Gasteiger partial charge in [-0.15, -0.1) is 0 Å². The van der Waals surface area contributed by atoms with Crippen molar-refractivity contribution >= 4 is 18.5 Å². The summed E-state index contributed by atoms with van der Waals surface area (Å²) in [7, 11) is -1.31. The van der Waals surface area contributed by atoms with E-state index in [1.54, 1.807) is 0 Å². The van der Waals surface area contributed by atoms with Crippen molar-refractivity contribution in [2.24, 2.45) is 11.8 Å². The standard InChI is InChI=1S/C9H17ClSi/c1-11(2,10)9-6-7-3-4-8(9)5-7/h7-9H,3-6H2,1-2H3/t7-,8+,9-/m0/s1. The van der Waals surface area contributed by atoms with Crippen LogP contribution in [0.25, 0.3) is 0 Å². The van der Waals surface area contributed by atoms with Crippen molar-refractivity contribution in [2.45, 2.75) is 44.3 Å². The van der Waals surface area contributed by atoms with Gasteiger partial charge in [-0.05, 0) is 30.2 Å². The summed E-state index contributed by atoms with van der Waals surface area (Å²) in [5.41, 5.74) is 0.947. The first kappa shape index (κ1) is 8.12. The fourth-order valence-electron chi connectivity index (χ4n) is 3.09. The fraction of sp³-hybridized carbons (Fsp3) is 1.00. The highest BCUT2D eigenvalue weighted by molar-refractivity contribution is 7.19.